The summed E-state index contributed by atoms with van der Waals surface area (Å²) in [6.45, 7) is 0.711. The summed E-state index contributed by atoms with van der Waals surface area (Å²) in [6, 6.07) is 5.34. The van der Waals surface area contributed by atoms with Crippen molar-refractivity contribution in [3.05, 3.63) is 65.3 Å². The fraction of sp³-hybridized carbons (Fsp3) is 0.312. The van der Waals surface area contributed by atoms with Crippen LogP contribution in [0.1, 0.15) is 16.8 Å². The third-order valence-corrected chi connectivity index (χ3v) is 3.84. The molecule has 0 aliphatic carbocycles. The summed E-state index contributed by atoms with van der Waals surface area (Å²) in [7, 11) is 0. The highest BCUT2D eigenvalue weighted by Crippen LogP contribution is 2.18. The molecule has 3 nitrogen and oxygen atoms in total. The molecule has 0 amide bonds. The van der Waals surface area contributed by atoms with Crippen molar-refractivity contribution in [1.29, 1.82) is 0 Å². The number of halogens is 2. The molecule has 2 unspecified atom stereocenters. The van der Waals surface area contributed by atoms with E-state index in [-0.39, 0.29) is 6.04 Å². The van der Waals surface area contributed by atoms with Gasteiger partial charge in [0.1, 0.15) is 11.6 Å². The molecule has 0 fully saturated rings. The standard InChI is InChI=1S/C16H17F2N2O/c17-12-5-10(6-13(18)7-12)1-2-16(21)15-8-14-11(9-20-15)3-4-19-14/h2-7,15-16,19-21H,1,8-9H2. The predicted octanol–water partition coefficient (Wildman–Crippen LogP) is 2.12. The minimum atomic E-state index is -0.673. The van der Waals surface area contributed by atoms with E-state index in [1.807, 2.05) is 12.3 Å². The maximum atomic E-state index is 13.1. The second-order valence-corrected chi connectivity index (χ2v) is 5.38. The number of fused-ring (bicyclic) bond motifs is 1. The molecule has 0 saturated heterocycles. The summed E-state index contributed by atoms with van der Waals surface area (Å²) in [5, 5.41) is 13.5. The minimum absolute atomic E-state index is 0.0884. The van der Waals surface area contributed by atoms with Gasteiger partial charge in [-0.15, -0.1) is 0 Å². The normalized spacial score (nSPS) is 19.3. The Morgan fingerprint density at radius 3 is 2.81 bits per heavy atom. The molecule has 2 heterocycles. The zero-order valence-corrected chi connectivity index (χ0v) is 11.4. The molecule has 0 bridgehead atoms. The third kappa shape index (κ3) is 3.31. The molecule has 0 spiro atoms. The van der Waals surface area contributed by atoms with Crippen LogP contribution in [-0.2, 0) is 19.4 Å². The molecule has 111 valence electrons. The molecule has 3 rings (SSSR count). The van der Waals surface area contributed by atoms with Crippen molar-refractivity contribution in [3.8, 4) is 0 Å². The van der Waals surface area contributed by atoms with E-state index in [1.165, 1.54) is 17.7 Å². The van der Waals surface area contributed by atoms with Crippen molar-refractivity contribution in [2.24, 2.45) is 0 Å². The van der Waals surface area contributed by atoms with Crippen molar-refractivity contribution < 1.29 is 13.9 Å². The molecule has 1 aromatic carbocycles. The number of benzene rings is 1. The average molecular weight is 291 g/mol. The van der Waals surface area contributed by atoms with Gasteiger partial charge in [0.25, 0.3) is 0 Å². The SMILES string of the molecule is OC([CH]Cc1cc(F)cc(F)c1)C1Cc2[nH]ccc2CN1. The predicted molar refractivity (Wildman–Crippen MR) is 75.5 cm³/mol. The number of aliphatic hydroxyl groups excluding tert-OH is 1. The molecule has 1 aliphatic heterocycles. The average Bonchev–Trinajstić information content (AvgIpc) is 2.91. The van der Waals surface area contributed by atoms with Crippen LogP contribution in [0.3, 0.4) is 0 Å². The number of hydrogen-bond donors (Lipinski definition) is 3. The van der Waals surface area contributed by atoms with Gasteiger partial charge in [0.15, 0.2) is 0 Å². The lowest BCUT2D eigenvalue weighted by atomic mass is 9.94. The van der Waals surface area contributed by atoms with Gasteiger partial charge in [-0.2, -0.15) is 0 Å². The van der Waals surface area contributed by atoms with Gasteiger partial charge in [-0.05, 0) is 42.2 Å². The lowest BCUT2D eigenvalue weighted by Crippen LogP contribution is -2.44. The van der Waals surface area contributed by atoms with Crippen LogP contribution < -0.4 is 5.32 Å². The molecular formula is C16H17F2N2O. The Kier molecular flexibility index (Phi) is 4.03. The largest absolute Gasteiger partial charge is 0.391 e. The van der Waals surface area contributed by atoms with E-state index < -0.39 is 17.7 Å². The monoisotopic (exact) mass is 291 g/mol. The Morgan fingerprint density at radius 1 is 1.29 bits per heavy atom. The van der Waals surface area contributed by atoms with Gasteiger partial charge in [-0.25, -0.2) is 8.78 Å². The van der Waals surface area contributed by atoms with E-state index in [2.05, 4.69) is 10.3 Å². The summed E-state index contributed by atoms with van der Waals surface area (Å²) in [5.74, 6) is -1.19. The van der Waals surface area contributed by atoms with Crippen LogP contribution in [0.15, 0.2) is 30.5 Å². The zero-order chi connectivity index (χ0) is 14.8. The van der Waals surface area contributed by atoms with Crippen LogP contribution >= 0.6 is 0 Å². The van der Waals surface area contributed by atoms with Gasteiger partial charge in [-0.3, -0.25) is 0 Å². The fourth-order valence-corrected chi connectivity index (χ4v) is 2.72. The Labute approximate surface area is 122 Å². The number of rotatable bonds is 4. The Bertz CT molecular complexity index is 606. The van der Waals surface area contributed by atoms with E-state index in [0.29, 0.717) is 24.9 Å². The van der Waals surface area contributed by atoms with Gasteiger partial charge in [0.2, 0.25) is 0 Å². The number of hydrogen-bond acceptors (Lipinski definition) is 2. The van der Waals surface area contributed by atoms with Gasteiger partial charge in [-0.1, -0.05) is 0 Å². The van der Waals surface area contributed by atoms with Crippen LogP contribution in [0, 0.1) is 18.1 Å². The lowest BCUT2D eigenvalue weighted by Gasteiger charge is -2.28. The minimum Gasteiger partial charge on any atom is -0.391 e. The maximum Gasteiger partial charge on any atom is 0.126 e. The first-order valence-corrected chi connectivity index (χ1v) is 6.96. The first kappa shape index (κ1) is 14.2. The second kappa shape index (κ2) is 5.95. The van der Waals surface area contributed by atoms with Gasteiger partial charge in [0.05, 0.1) is 6.10 Å². The Balaban J connectivity index is 1.58. The Morgan fingerprint density at radius 2 is 2.05 bits per heavy atom. The summed E-state index contributed by atoms with van der Waals surface area (Å²) < 4.78 is 26.2. The highest BCUT2D eigenvalue weighted by molar-refractivity contribution is 5.25. The molecule has 3 N–H and O–H groups in total. The molecule has 1 aliphatic rings. The van der Waals surface area contributed by atoms with E-state index in [0.717, 1.165) is 11.8 Å². The van der Waals surface area contributed by atoms with E-state index in [1.54, 1.807) is 6.42 Å². The molecule has 1 radical (unpaired) electrons. The summed E-state index contributed by atoms with van der Waals surface area (Å²) in [6.07, 6.45) is 3.93. The van der Waals surface area contributed by atoms with Crippen molar-refractivity contribution >= 4 is 0 Å². The lowest BCUT2D eigenvalue weighted by molar-refractivity contribution is 0.148. The van der Waals surface area contributed by atoms with Crippen LogP contribution in [0.2, 0.25) is 0 Å². The number of aromatic amines is 1. The van der Waals surface area contributed by atoms with Crippen LogP contribution in [-0.4, -0.2) is 22.2 Å². The second-order valence-electron chi connectivity index (χ2n) is 5.38. The molecule has 1 aromatic heterocycles. The van der Waals surface area contributed by atoms with Crippen LogP contribution in [0.5, 0.6) is 0 Å². The first-order valence-electron chi connectivity index (χ1n) is 6.96. The first-order chi connectivity index (χ1) is 10.1. The topological polar surface area (TPSA) is 48.0 Å². The highest BCUT2D eigenvalue weighted by atomic mass is 19.1. The smallest absolute Gasteiger partial charge is 0.126 e. The van der Waals surface area contributed by atoms with E-state index in [9.17, 15) is 13.9 Å². The quantitative estimate of drug-likeness (QED) is 0.808. The van der Waals surface area contributed by atoms with Crippen LogP contribution in [0.25, 0.3) is 0 Å². The number of aromatic nitrogens is 1. The zero-order valence-electron chi connectivity index (χ0n) is 11.4. The molecule has 21 heavy (non-hydrogen) atoms. The molecule has 5 heteroatoms. The van der Waals surface area contributed by atoms with Gasteiger partial charge >= 0.3 is 0 Å². The third-order valence-electron chi connectivity index (χ3n) is 3.84. The molecule has 2 aromatic rings. The summed E-state index contributed by atoms with van der Waals surface area (Å²) >= 11 is 0. The van der Waals surface area contributed by atoms with Crippen LogP contribution in [0.4, 0.5) is 8.78 Å². The van der Waals surface area contributed by atoms with E-state index in [4.69, 9.17) is 0 Å². The molecule has 2 atom stereocenters. The van der Waals surface area contributed by atoms with Gasteiger partial charge < -0.3 is 15.4 Å². The molecule has 0 saturated carbocycles. The number of nitrogens with one attached hydrogen (secondary N) is 2. The number of H-pyrrole nitrogens is 1. The van der Waals surface area contributed by atoms with Crippen molar-refractivity contribution in [3.63, 3.8) is 0 Å². The summed E-state index contributed by atoms with van der Waals surface area (Å²) in [4.78, 5) is 3.17. The van der Waals surface area contributed by atoms with Crippen molar-refractivity contribution in [2.75, 3.05) is 0 Å². The molecular weight excluding hydrogens is 274 g/mol. The fourth-order valence-electron chi connectivity index (χ4n) is 2.72. The number of aliphatic hydroxyl groups is 1. The van der Waals surface area contributed by atoms with Gasteiger partial charge in [0, 0.05) is 37.0 Å². The van der Waals surface area contributed by atoms with E-state index >= 15 is 0 Å². The van der Waals surface area contributed by atoms with Crippen molar-refractivity contribution in [2.45, 2.75) is 31.5 Å². The van der Waals surface area contributed by atoms with Crippen molar-refractivity contribution in [1.82, 2.24) is 10.3 Å². The summed E-state index contributed by atoms with van der Waals surface area (Å²) in [5.41, 5.74) is 2.86. The Hall–Kier alpha value is -1.72. The highest BCUT2D eigenvalue weighted by Gasteiger charge is 2.25. The maximum absolute atomic E-state index is 13.1.